The van der Waals surface area contributed by atoms with Gasteiger partial charge in [0.1, 0.15) is 0 Å². The third-order valence-electron chi connectivity index (χ3n) is 6.35. The van der Waals surface area contributed by atoms with Crippen molar-refractivity contribution in [2.24, 2.45) is 9.98 Å². The minimum Gasteiger partial charge on any atom is -1.00 e. The molecule has 1 heterocycles. The minimum atomic E-state index is 0. The number of aliphatic imine (C=N–C) groups is 2. The maximum Gasteiger partial charge on any atom is 2.00 e. The quantitative estimate of drug-likeness (QED) is 0.291. The molecule has 0 aliphatic heterocycles. The summed E-state index contributed by atoms with van der Waals surface area (Å²) < 4.78 is 0. The smallest absolute Gasteiger partial charge is 1.00 e. The first-order valence-corrected chi connectivity index (χ1v) is 13.8. The molecule has 2 aromatic carbocycles. The summed E-state index contributed by atoms with van der Waals surface area (Å²) in [5.41, 5.74) is 11.9. The average molecular weight is 612 g/mol. The molecule has 0 fully saturated rings. The largest absolute Gasteiger partial charge is 2.00 e. The Bertz CT molecular complexity index is 1080. The van der Waals surface area contributed by atoms with Gasteiger partial charge in [-0.25, -0.2) is 4.98 Å². The van der Waals surface area contributed by atoms with Crippen molar-refractivity contribution in [2.75, 3.05) is 0 Å². The molecule has 0 N–H and O–H groups in total. The van der Waals surface area contributed by atoms with Gasteiger partial charge in [-0.05, 0) is 73.9 Å². The van der Waals surface area contributed by atoms with Crippen LogP contribution in [0.25, 0.3) is 0 Å². The van der Waals surface area contributed by atoms with Crippen molar-refractivity contribution < 1.29 is 41.6 Å². The second kappa shape index (κ2) is 19.2. The number of benzene rings is 2. The van der Waals surface area contributed by atoms with Crippen molar-refractivity contribution in [2.45, 2.75) is 92.9 Å². The van der Waals surface area contributed by atoms with E-state index in [1.54, 1.807) is 0 Å². The van der Waals surface area contributed by atoms with E-state index >= 15 is 0 Å². The van der Waals surface area contributed by atoms with Gasteiger partial charge < -0.3 is 24.8 Å². The van der Waals surface area contributed by atoms with E-state index in [4.69, 9.17) is 15.0 Å². The van der Waals surface area contributed by atoms with Crippen LogP contribution in [0.2, 0.25) is 0 Å². The van der Waals surface area contributed by atoms with Gasteiger partial charge in [-0.15, -0.1) is 0 Å². The number of aromatic nitrogens is 1. The van der Waals surface area contributed by atoms with Crippen molar-refractivity contribution in [3.8, 4) is 0 Å². The molecule has 0 amide bonds. The van der Waals surface area contributed by atoms with Crippen LogP contribution in [0.1, 0.15) is 98.1 Å². The van der Waals surface area contributed by atoms with Crippen LogP contribution < -0.4 is 24.8 Å². The Morgan fingerprint density at radius 3 is 1.18 bits per heavy atom. The summed E-state index contributed by atoms with van der Waals surface area (Å²) in [7, 11) is 0. The molecule has 3 rings (SSSR count). The first-order valence-electron chi connectivity index (χ1n) is 13.8. The normalized spacial score (nSPS) is 10.8. The van der Waals surface area contributed by atoms with Crippen molar-refractivity contribution in [1.29, 1.82) is 0 Å². The first kappa shape index (κ1) is 37.0. The Morgan fingerprint density at radius 2 is 0.897 bits per heavy atom. The van der Waals surface area contributed by atoms with Gasteiger partial charge in [0.2, 0.25) is 0 Å². The molecule has 1 aromatic heterocycles. The predicted molar refractivity (Wildman–Crippen MR) is 157 cm³/mol. The standard InChI is InChI=1S/C33H43N3.2ClH.Co/c1-7-12-26-18-24(5)19-27(13-8-2)32(26)34-22-30-16-11-17-31(36-30)23-35-33-28(14-9-3)20-25(6)21-29(33)15-10-4;;;/h11,16-23H,7-10,12-15H2,1-6H3;2*1H;/q;;;+2/p-2. The Labute approximate surface area is 259 Å². The van der Waals surface area contributed by atoms with E-state index in [1.807, 2.05) is 30.6 Å². The van der Waals surface area contributed by atoms with E-state index in [0.29, 0.717) is 0 Å². The van der Waals surface area contributed by atoms with E-state index in [0.717, 1.165) is 74.1 Å². The minimum absolute atomic E-state index is 0. The molecule has 0 atom stereocenters. The molecule has 0 bridgehead atoms. The molecule has 0 unspecified atom stereocenters. The number of hydrogen-bond donors (Lipinski definition) is 0. The molecule has 0 aliphatic carbocycles. The van der Waals surface area contributed by atoms with E-state index in [1.165, 1.54) is 33.4 Å². The van der Waals surface area contributed by atoms with Crippen molar-refractivity contribution >= 4 is 23.8 Å². The molecular formula is C33H43Cl2CoN3. The Kier molecular flexibility index (Phi) is 18.2. The zero-order valence-corrected chi connectivity index (χ0v) is 26.8. The fraction of sp³-hybridized carbons (Fsp3) is 0.424. The number of rotatable bonds is 12. The van der Waals surface area contributed by atoms with Gasteiger partial charge in [0.25, 0.3) is 0 Å². The first-order chi connectivity index (χ1) is 17.5. The molecule has 39 heavy (non-hydrogen) atoms. The van der Waals surface area contributed by atoms with Crippen LogP contribution in [-0.2, 0) is 42.5 Å². The average Bonchev–Trinajstić information content (AvgIpc) is 2.84. The molecule has 213 valence electrons. The van der Waals surface area contributed by atoms with E-state index in [-0.39, 0.29) is 41.6 Å². The Balaban J connectivity index is 0.00000481. The third-order valence-corrected chi connectivity index (χ3v) is 6.35. The number of hydrogen-bond acceptors (Lipinski definition) is 3. The molecule has 3 aromatic rings. The topological polar surface area (TPSA) is 37.6 Å². The van der Waals surface area contributed by atoms with Gasteiger partial charge in [-0.3, -0.25) is 9.98 Å². The maximum absolute atomic E-state index is 4.97. The summed E-state index contributed by atoms with van der Waals surface area (Å²) in [4.78, 5) is 14.8. The van der Waals surface area contributed by atoms with Gasteiger partial charge in [-0.2, -0.15) is 0 Å². The molecule has 0 saturated heterocycles. The van der Waals surface area contributed by atoms with Crippen molar-refractivity contribution in [3.63, 3.8) is 0 Å². The fourth-order valence-corrected chi connectivity index (χ4v) is 4.91. The van der Waals surface area contributed by atoms with Crippen LogP contribution in [0.4, 0.5) is 11.4 Å². The zero-order valence-electron chi connectivity index (χ0n) is 24.3. The van der Waals surface area contributed by atoms with Crippen LogP contribution in [-0.4, -0.2) is 17.4 Å². The summed E-state index contributed by atoms with van der Waals surface area (Å²) in [6, 6.07) is 15.2. The summed E-state index contributed by atoms with van der Waals surface area (Å²) in [5.74, 6) is 0. The van der Waals surface area contributed by atoms with Crippen LogP contribution in [0.5, 0.6) is 0 Å². The Morgan fingerprint density at radius 1 is 0.590 bits per heavy atom. The second-order valence-electron chi connectivity index (χ2n) is 9.87. The second-order valence-corrected chi connectivity index (χ2v) is 9.87. The summed E-state index contributed by atoms with van der Waals surface area (Å²) in [5, 5.41) is 0. The van der Waals surface area contributed by atoms with Gasteiger partial charge >= 0.3 is 16.8 Å². The van der Waals surface area contributed by atoms with Crippen LogP contribution >= 0.6 is 0 Å². The summed E-state index contributed by atoms with van der Waals surface area (Å²) in [6.07, 6.45) is 12.4. The molecular weight excluding hydrogens is 568 g/mol. The SMILES string of the molecule is CCCc1cc(C)cc(CCC)c1N=Cc1cccc(C=Nc2c(CCC)cc(C)cc2CCC)n1.[Cl-].[Cl-].[Co+2]. The molecule has 6 heteroatoms. The molecule has 0 saturated carbocycles. The van der Waals surface area contributed by atoms with Gasteiger partial charge in [-0.1, -0.05) is 94.8 Å². The monoisotopic (exact) mass is 610 g/mol. The molecule has 0 spiro atoms. The number of halogens is 2. The predicted octanol–water partition coefficient (Wildman–Crippen LogP) is 3.02. The van der Waals surface area contributed by atoms with E-state index in [9.17, 15) is 0 Å². The van der Waals surface area contributed by atoms with Crippen molar-refractivity contribution in [3.05, 3.63) is 87.2 Å². The fourth-order valence-electron chi connectivity index (χ4n) is 4.91. The maximum atomic E-state index is 4.97. The van der Waals surface area contributed by atoms with Gasteiger partial charge in [0.15, 0.2) is 0 Å². The Hall–Kier alpha value is -1.98. The summed E-state index contributed by atoms with van der Waals surface area (Å²) >= 11 is 0. The van der Waals surface area contributed by atoms with E-state index in [2.05, 4.69) is 65.8 Å². The number of pyridine rings is 1. The van der Waals surface area contributed by atoms with Gasteiger partial charge in [0.05, 0.1) is 35.2 Å². The van der Waals surface area contributed by atoms with Crippen LogP contribution in [0.3, 0.4) is 0 Å². The van der Waals surface area contributed by atoms with Crippen molar-refractivity contribution in [1.82, 2.24) is 4.98 Å². The molecule has 3 nitrogen and oxygen atoms in total. The summed E-state index contributed by atoms with van der Waals surface area (Å²) in [6.45, 7) is 13.3. The third kappa shape index (κ3) is 10.8. The molecule has 0 aliphatic rings. The van der Waals surface area contributed by atoms with Crippen LogP contribution in [0, 0.1) is 13.8 Å². The molecule has 1 radical (unpaired) electrons. The number of nitrogens with zero attached hydrogens (tertiary/aromatic N) is 3. The van der Waals surface area contributed by atoms with Crippen LogP contribution in [0.15, 0.2) is 52.4 Å². The zero-order chi connectivity index (χ0) is 25.9. The van der Waals surface area contributed by atoms with Gasteiger partial charge in [0, 0.05) is 0 Å². The van der Waals surface area contributed by atoms with E-state index < -0.39 is 0 Å². The number of aryl methyl sites for hydroxylation is 6.